The van der Waals surface area contributed by atoms with Gasteiger partial charge in [0.05, 0.1) is 32.3 Å². The average molecular weight is 1020 g/mol. The summed E-state index contributed by atoms with van der Waals surface area (Å²) in [4.78, 5) is 16.7. The number of aromatic nitrogens is 4. The summed E-state index contributed by atoms with van der Waals surface area (Å²) in [7, 11) is -7.48. The Bertz CT molecular complexity index is 3600. The molecule has 2 aromatic heterocycles. The van der Waals surface area contributed by atoms with Gasteiger partial charge in [0.25, 0.3) is 20.0 Å². The summed E-state index contributed by atoms with van der Waals surface area (Å²) in [6.45, 7) is 3.74. The molecule has 7 aromatic carbocycles. The first-order chi connectivity index (χ1) is 34.2. The normalized spacial score (nSPS) is 11.8. The minimum atomic E-state index is -5.29. The molecule has 0 bridgehead atoms. The Labute approximate surface area is 410 Å². The number of nitrogens with zero attached hydrogens (tertiary/aromatic N) is 4. The van der Waals surface area contributed by atoms with Gasteiger partial charge in [-0.2, -0.15) is 26.3 Å². The number of anilines is 6. The van der Waals surface area contributed by atoms with Crippen LogP contribution in [0.2, 0.25) is 0 Å². The van der Waals surface area contributed by atoms with E-state index in [1.54, 1.807) is 60.7 Å². The SMILES string of the molecule is Cc1ccc(S(=O)(=O)Nc2ccc(Nc3cc(-c4ccc5ccccc5c4)ncn3)cc2)cc1.Cc1ccc(S(=O)(=O)Nc2ccc(Nc3cc(-c4cccc(C(F)(F)F)c4C(F)(F)F)ncn3)cc2)cc1. The second kappa shape index (κ2) is 20.5. The highest BCUT2D eigenvalue weighted by Gasteiger charge is 2.45. The second-order valence-corrected chi connectivity index (χ2v) is 19.5. The first-order valence-corrected chi connectivity index (χ1v) is 24.5. The molecule has 72 heavy (non-hydrogen) atoms. The maximum Gasteiger partial charge on any atom is 0.417 e. The number of hydrogen-bond acceptors (Lipinski definition) is 10. The molecule has 0 radical (unpaired) electrons. The smallest absolute Gasteiger partial charge is 0.340 e. The van der Waals surface area contributed by atoms with E-state index in [0.29, 0.717) is 23.3 Å². The van der Waals surface area contributed by atoms with Gasteiger partial charge in [-0.1, -0.05) is 83.9 Å². The third kappa shape index (κ3) is 12.3. The molecular weight excluding hydrogens is 979 g/mol. The van der Waals surface area contributed by atoms with Crippen LogP contribution >= 0.6 is 0 Å². The van der Waals surface area contributed by atoms with Crippen molar-refractivity contribution in [2.45, 2.75) is 36.0 Å². The Morgan fingerprint density at radius 3 is 1.38 bits per heavy atom. The second-order valence-electron chi connectivity index (χ2n) is 16.1. The summed E-state index contributed by atoms with van der Waals surface area (Å²) in [6.07, 6.45) is -8.07. The highest BCUT2D eigenvalue weighted by atomic mass is 32.2. The van der Waals surface area contributed by atoms with Gasteiger partial charge in [-0.25, -0.2) is 36.8 Å². The molecule has 2 heterocycles. The Morgan fingerprint density at radius 1 is 0.431 bits per heavy atom. The molecule has 0 saturated heterocycles. The maximum atomic E-state index is 13.6. The van der Waals surface area contributed by atoms with Crippen LogP contribution in [0.4, 0.5) is 60.7 Å². The van der Waals surface area contributed by atoms with Crippen molar-refractivity contribution in [3.63, 3.8) is 0 Å². The summed E-state index contributed by atoms with van der Waals surface area (Å²) in [5, 5.41) is 8.39. The fraction of sp³-hybridized carbons (Fsp3) is 0.0769. The van der Waals surface area contributed by atoms with E-state index in [0.717, 1.165) is 58.0 Å². The molecule has 0 fully saturated rings. The Balaban J connectivity index is 0.000000194. The predicted molar refractivity (Wildman–Crippen MR) is 266 cm³/mol. The van der Waals surface area contributed by atoms with Gasteiger partial charge in [-0.15, -0.1) is 0 Å². The molecule has 0 spiro atoms. The van der Waals surface area contributed by atoms with Crippen LogP contribution in [-0.2, 0) is 32.4 Å². The third-order valence-electron chi connectivity index (χ3n) is 10.8. The van der Waals surface area contributed by atoms with Crippen LogP contribution in [0, 0.1) is 13.8 Å². The largest absolute Gasteiger partial charge is 0.417 e. The minimum Gasteiger partial charge on any atom is -0.340 e. The van der Waals surface area contributed by atoms with E-state index < -0.39 is 49.1 Å². The number of fused-ring (bicyclic) bond motifs is 1. The van der Waals surface area contributed by atoms with Gasteiger partial charge < -0.3 is 10.6 Å². The highest BCUT2D eigenvalue weighted by Crippen LogP contribution is 2.45. The number of nitrogens with one attached hydrogen (secondary N) is 4. The van der Waals surface area contributed by atoms with Crippen LogP contribution in [0.25, 0.3) is 33.3 Å². The van der Waals surface area contributed by atoms with Crippen molar-refractivity contribution < 1.29 is 43.2 Å². The van der Waals surface area contributed by atoms with E-state index in [-0.39, 0.29) is 27.0 Å². The number of hydrogen-bond donors (Lipinski definition) is 4. The highest BCUT2D eigenvalue weighted by molar-refractivity contribution is 7.93. The molecule has 0 aliphatic heterocycles. The molecule has 0 amide bonds. The van der Waals surface area contributed by atoms with Gasteiger partial charge in [0.15, 0.2) is 0 Å². The average Bonchev–Trinajstić information content (AvgIpc) is 3.35. The summed E-state index contributed by atoms with van der Waals surface area (Å²) in [5.41, 5.74) is 0.815. The quantitative estimate of drug-likeness (QED) is 0.0865. The molecule has 9 rings (SSSR count). The van der Waals surface area contributed by atoms with Crippen LogP contribution in [-0.4, -0.2) is 36.8 Å². The van der Waals surface area contributed by atoms with Gasteiger partial charge in [0, 0.05) is 46.0 Å². The molecule has 0 unspecified atom stereocenters. The Morgan fingerprint density at radius 2 is 0.889 bits per heavy atom. The monoisotopic (exact) mass is 1020 g/mol. The van der Waals surface area contributed by atoms with Crippen molar-refractivity contribution in [2.24, 2.45) is 0 Å². The van der Waals surface area contributed by atoms with Crippen molar-refractivity contribution >= 4 is 65.2 Å². The van der Waals surface area contributed by atoms with Gasteiger partial charge >= 0.3 is 12.4 Å². The summed E-state index contributed by atoms with van der Waals surface area (Å²) < 4.78 is 136. The van der Waals surface area contributed by atoms with Crippen molar-refractivity contribution in [2.75, 3.05) is 20.1 Å². The molecule has 12 nitrogen and oxygen atoms in total. The van der Waals surface area contributed by atoms with E-state index in [2.05, 4.69) is 64.3 Å². The predicted octanol–water partition coefficient (Wildman–Crippen LogP) is 13.2. The number of aryl methyl sites for hydroxylation is 2. The van der Waals surface area contributed by atoms with Crippen molar-refractivity contribution in [3.05, 3.63) is 205 Å². The van der Waals surface area contributed by atoms with Crippen molar-refractivity contribution in [3.8, 4) is 22.5 Å². The lowest BCUT2D eigenvalue weighted by atomic mass is 9.97. The molecule has 0 atom stereocenters. The fourth-order valence-electron chi connectivity index (χ4n) is 7.21. The molecule has 0 aliphatic carbocycles. The third-order valence-corrected chi connectivity index (χ3v) is 13.6. The first kappa shape index (κ1) is 50.0. The molecule has 4 N–H and O–H groups in total. The van der Waals surface area contributed by atoms with E-state index in [4.69, 9.17) is 0 Å². The molecular formula is C52H40F6N8O4S2. The van der Waals surface area contributed by atoms with Crippen molar-refractivity contribution in [1.82, 2.24) is 19.9 Å². The van der Waals surface area contributed by atoms with Crippen LogP contribution in [0.15, 0.2) is 192 Å². The van der Waals surface area contributed by atoms with Crippen LogP contribution in [0.3, 0.4) is 0 Å². The Hall–Kier alpha value is -8.36. The minimum absolute atomic E-state index is 0.00789. The molecule has 20 heteroatoms. The number of rotatable bonds is 12. The zero-order valence-electron chi connectivity index (χ0n) is 37.8. The number of benzene rings is 7. The molecule has 9 aromatic rings. The Kier molecular flexibility index (Phi) is 14.3. The lowest BCUT2D eigenvalue weighted by Crippen LogP contribution is -2.18. The molecule has 366 valence electrons. The lowest BCUT2D eigenvalue weighted by Gasteiger charge is -2.19. The number of alkyl halides is 6. The van der Waals surface area contributed by atoms with Crippen LogP contribution in [0.1, 0.15) is 22.3 Å². The molecule has 0 saturated carbocycles. The fourth-order valence-corrected chi connectivity index (χ4v) is 9.33. The lowest BCUT2D eigenvalue weighted by molar-refractivity contribution is -0.161. The van der Waals surface area contributed by atoms with Gasteiger partial charge in [0.1, 0.15) is 24.3 Å². The topological polar surface area (TPSA) is 168 Å². The standard InChI is InChI=1S/C27H22N4O2S.C25H18F6N4O2S/c1-19-6-14-25(15-7-19)34(32,33)31-24-12-10-23(11-13-24)30-27-17-26(28-18-29-27)22-9-8-20-4-2-3-5-21(20)16-22;1-15-5-11-18(12-6-15)38(36,37)35-17-9-7-16(8-10-17)34-22-13-21(32-14-33-22)19-3-2-4-20(24(26,27)28)23(19)25(29,30)31/h2-18,31H,1H3,(H,28,29,30);2-14,35H,1H3,(H,32,33,34). The van der Waals surface area contributed by atoms with Crippen molar-refractivity contribution in [1.29, 1.82) is 0 Å². The van der Waals surface area contributed by atoms with E-state index >= 15 is 0 Å². The summed E-state index contributed by atoms with van der Waals surface area (Å²) in [6, 6.07) is 45.4. The zero-order valence-corrected chi connectivity index (χ0v) is 39.5. The number of sulfonamides is 2. The summed E-state index contributed by atoms with van der Waals surface area (Å²) in [5.74, 6) is 0.652. The van der Waals surface area contributed by atoms with E-state index in [9.17, 15) is 43.2 Å². The molecule has 0 aliphatic rings. The van der Waals surface area contributed by atoms with Crippen LogP contribution < -0.4 is 20.1 Å². The first-order valence-electron chi connectivity index (χ1n) is 21.5. The van der Waals surface area contributed by atoms with E-state index in [1.165, 1.54) is 48.1 Å². The maximum absolute atomic E-state index is 13.6. The van der Waals surface area contributed by atoms with Crippen LogP contribution in [0.5, 0.6) is 0 Å². The number of halogens is 6. The van der Waals surface area contributed by atoms with E-state index in [1.807, 2.05) is 38.1 Å². The zero-order chi connectivity index (χ0) is 51.3. The van der Waals surface area contributed by atoms with Gasteiger partial charge in [0.2, 0.25) is 0 Å². The summed E-state index contributed by atoms with van der Waals surface area (Å²) >= 11 is 0. The van der Waals surface area contributed by atoms with Gasteiger partial charge in [-0.05, 0) is 110 Å². The van der Waals surface area contributed by atoms with Gasteiger partial charge in [-0.3, -0.25) is 9.44 Å².